The third-order valence-corrected chi connectivity index (χ3v) is 6.74. The van der Waals surface area contributed by atoms with Gasteiger partial charge in [-0.15, -0.1) is 0 Å². The van der Waals surface area contributed by atoms with E-state index >= 15 is 0 Å². The van der Waals surface area contributed by atoms with Crippen LogP contribution in [0.5, 0.6) is 0 Å². The molecule has 0 N–H and O–H groups in total. The zero-order chi connectivity index (χ0) is 13.9. The van der Waals surface area contributed by atoms with E-state index < -0.39 is 0 Å². The van der Waals surface area contributed by atoms with Gasteiger partial charge in [0.15, 0.2) is 0 Å². The van der Waals surface area contributed by atoms with Crippen LogP contribution in [0.15, 0.2) is 0 Å². The van der Waals surface area contributed by atoms with Crippen LogP contribution in [0.3, 0.4) is 0 Å². The average molecular weight is 261 g/mol. The second-order valence-electron chi connectivity index (χ2n) is 8.28. The van der Waals surface area contributed by atoms with Crippen LogP contribution in [0.25, 0.3) is 0 Å². The Morgan fingerprint density at radius 3 is 2.47 bits per heavy atom. The number of ether oxygens (including phenoxy) is 1. The molecule has 0 aromatic heterocycles. The Hall–Kier alpha value is -0.550. The van der Waals surface area contributed by atoms with Gasteiger partial charge in [0, 0.05) is 0 Å². The summed E-state index contributed by atoms with van der Waals surface area (Å²) in [6, 6.07) is 2.36. The molecule has 0 aromatic carbocycles. The van der Waals surface area contributed by atoms with Crippen LogP contribution in [-0.2, 0) is 4.74 Å². The van der Waals surface area contributed by atoms with E-state index in [9.17, 15) is 5.26 Å². The average Bonchev–Trinajstić information content (AvgIpc) is 2.66. The van der Waals surface area contributed by atoms with Gasteiger partial charge in [-0.1, -0.05) is 27.2 Å². The topological polar surface area (TPSA) is 33.0 Å². The van der Waals surface area contributed by atoms with Gasteiger partial charge in [0.05, 0.1) is 11.7 Å². The minimum atomic E-state index is -0.171. The monoisotopic (exact) mass is 261 g/mol. The van der Waals surface area contributed by atoms with Crippen molar-refractivity contribution >= 4 is 0 Å². The first kappa shape index (κ1) is 13.4. The van der Waals surface area contributed by atoms with Gasteiger partial charge in [-0.2, -0.15) is 5.26 Å². The molecule has 3 rings (SSSR count). The van der Waals surface area contributed by atoms with Crippen molar-refractivity contribution in [2.75, 3.05) is 0 Å². The molecule has 0 amide bonds. The molecule has 3 fully saturated rings. The fourth-order valence-corrected chi connectivity index (χ4v) is 5.93. The van der Waals surface area contributed by atoms with Crippen LogP contribution in [0, 0.1) is 34.0 Å². The maximum Gasteiger partial charge on any atom is 0.145 e. The van der Waals surface area contributed by atoms with Gasteiger partial charge in [0.1, 0.15) is 6.10 Å². The molecule has 2 nitrogen and oxygen atoms in total. The summed E-state index contributed by atoms with van der Waals surface area (Å²) in [5, 5.41) is 9.24. The first-order chi connectivity index (χ1) is 8.82. The third-order valence-electron chi connectivity index (χ3n) is 6.74. The Morgan fingerprint density at radius 1 is 1.05 bits per heavy atom. The van der Waals surface area contributed by atoms with Crippen LogP contribution in [0.1, 0.15) is 66.2 Å². The van der Waals surface area contributed by atoms with E-state index in [-0.39, 0.29) is 11.7 Å². The lowest BCUT2D eigenvalue weighted by Gasteiger charge is -2.60. The summed E-state index contributed by atoms with van der Waals surface area (Å²) in [5.74, 6) is 1.37. The second-order valence-corrected chi connectivity index (χ2v) is 8.28. The summed E-state index contributed by atoms with van der Waals surface area (Å²) in [7, 11) is 0. The summed E-state index contributed by atoms with van der Waals surface area (Å²) < 4.78 is 6.12. The number of hydrogen-bond acceptors (Lipinski definition) is 2. The molecule has 0 aromatic rings. The molecular weight excluding hydrogens is 234 g/mol. The highest BCUT2D eigenvalue weighted by molar-refractivity contribution is 5.13. The minimum absolute atomic E-state index is 0.0426. The molecule has 2 saturated carbocycles. The summed E-state index contributed by atoms with van der Waals surface area (Å²) >= 11 is 0. The van der Waals surface area contributed by atoms with E-state index in [1.54, 1.807) is 0 Å². The molecule has 2 aliphatic carbocycles. The molecule has 3 aliphatic rings. The van der Waals surface area contributed by atoms with E-state index in [1.165, 1.54) is 25.7 Å². The molecule has 0 radical (unpaired) electrons. The summed E-state index contributed by atoms with van der Waals surface area (Å²) in [6.07, 6.45) is 7.21. The quantitative estimate of drug-likeness (QED) is 0.651. The van der Waals surface area contributed by atoms with Crippen molar-refractivity contribution in [1.29, 1.82) is 5.26 Å². The van der Waals surface area contributed by atoms with Crippen LogP contribution < -0.4 is 0 Å². The third kappa shape index (κ3) is 1.77. The van der Waals surface area contributed by atoms with E-state index in [4.69, 9.17) is 4.74 Å². The minimum Gasteiger partial charge on any atom is -0.357 e. The highest BCUT2D eigenvalue weighted by atomic mass is 16.5. The summed E-state index contributed by atoms with van der Waals surface area (Å²) in [6.45, 7) is 9.66. The molecule has 106 valence electrons. The number of hydrogen-bond donors (Lipinski definition) is 0. The van der Waals surface area contributed by atoms with Crippen molar-refractivity contribution in [2.24, 2.45) is 22.7 Å². The fraction of sp³-hybridized carbons (Fsp3) is 0.941. The molecule has 1 heterocycles. The van der Waals surface area contributed by atoms with Crippen LogP contribution in [0.2, 0.25) is 0 Å². The van der Waals surface area contributed by atoms with Gasteiger partial charge in [-0.25, -0.2) is 0 Å². The number of nitriles is 1. The first-order valence-electron chi connectivity index (χ1n) is 7.89. The molecule has 2 heteroatoms. The van der Waals surface area contributed by atoms with Crippen molar-refractivity contribution in [3.05, 3.63) is 0 Å². The SMILES string of the molecule is CC1(C)CCC[C@@]2(C)C1CC[C@@]1(C)OC(C#N)C[C@@H]12. The van der Waals surface area contributed by atoms with Crippen LogP contribution in [0.4, 0.5) is 0 Å². The summed E-state index contributed by atoms with van der Waals surface area (Å²) in [5.41, 5.74) is 0.790. The molecular formula is C17H27NO. The zero-order valence-electron chi connectivity index (χ0n) is 12.8. The lowest BCUT2D eigenvalue weighted by Crippen LogP contribution is -2.55. The van der Waals surface area contributed by atoms with Crippen LogP contribution >= 0.6 is 0 Å². The molecule has 0 spiro atoms. The van der Waals surface area contributed by atoms with Crippen molar-refractivity contribution in [3.63, 3.8) is 0 Å². The van der Waals surface area contributed by atoms with E-state index in [1.807, 2.05) is 0 Å². The highest BCUT2D eigenvalue weighted by Gasteiger charge is 2.62. The van der Waals surface area contributed by atoms with Crippen molar-refractivity contribution < 1.29 is 4.74 Å². The Balaban J connectivity index is 1.97. The molecule has 1 saturated heterocycles. The Labute approximate surface area is 117 Å². The molecule has 5 atom stereocenters. The Kier molecular flexibility index (Phi) is 2.81. The van der Waals surface area contributed by atoms with E-state index in [2.05, 4.69) is 33.8 Å². The maximum atomic E-state index is 9.24. The molecule has 2 unspecified atom stereocenters. The zero-order valence-corrected chi connectivity index (χ0v) is 12.8. The number of fused-ring (bicyclic) bond motifs is 3. The van der Waals surface area contributed by atoms with Gasteiger partial charge >= 0.3 is 0 Å². The van der Waals surface area contributed by atoms with Gasteiger partial charge in [0.25, 0.3) is 0 Å². The molecule has 1 aliphatic heterocycles. The largest absolute Gasteiger partial charge is 0.357 e. The second kappa shape index (κ2) is 3.98. The highest BCUT2D eigenvalue weighted by Crippen LogP contribution is 2.65. The first-order valence-corrected chi connectivity index (χ1v) is 7.89. The predicted octanol–water partition coefficient (Wildman–Crippen LogP) is 4.30. The number of nitrogens with zero attached hydrogens (tertiary/aromatic N) is 1. The summed E-state index contributed by atoms with van der Waals surface area (Å²) in [4.78, 5) is 0. The van der Waals surface area contributed by atoms with Crippen LogP contribution in [-0.4, -0.2) is 11.7 Å². The van der Waals surface area contributed by atoms with Gasteiger partial charge in [0.2, 0.25) is 0 Å². The lowest BCUT2D eigenvalue weighted by molar-refractivity contribution is -0.151. The van der Waals surface area contributed by atoms with Gasteiger partial charge in [-0.3, -0.25) is 0 Å². The van der Waals surface area contributed by atoms with Gasteiger partial charge < -0.3 is 4.74 Å². The van der Waals surface area contributed by atoms with Crippen molar-refractivity contribution in [3.8, 4) is 6.07 Å². The van der Waals surface area contributed by atoms with Gasteiger partial charge in [-0.05, 0) is 61.7 Å². The van der Waals surface area contributed by atoms with E-state index in [0.29, 0.717) is 16.7 Å². The maximum absolute atomic E-state index is 9.24. The fourth-order valence-electron chi connectivity index (χ4n) is 5.93. The van der Waals surface area contributed by atoms with E-state index in [0.717, 1.165) is 18.8 Å². The number of rotatable bonds is 0. The lowest BCUT2D eigenvalue weighted by atomic mass is 9.45. The smallest absolute Gasteiger partial charge is 0.145 e. The van der Waals surface area contributed by atoms with Crippen molar-refractivity contribution in [2.45, 2.75) is 77.9 Å². The Bertz CT molecular complexity index is 423. The molecule has 0 bridgehead atoms. The Morgan fingerprint density at radius 2 is 1.79 bits per heavy atom. The normalized spacial score (nSPS) is 52.1. The molecule has 19 heavy (non-hydrogen) atoms. The standard InChI is InChI=1S/C17H27NO/c1-15(2)7-5-8-16(3)13(15)6-9-17(4)14(16)10-12(11-18)19-17/h12-14H,5-10H2,1-4H3/t12?,13?,14-,16+,17-/m1/s1. The van der Waals surface area contributed by atoms with Crippen molar-refractivity contribution in [1.82, 2.24) is 0 Å². The predicted molar refractivity (Wildman–Crippen MR) is 75.5 cm³/mol.